The third-order valence-corrected chi connectivity index (χ3v) is 3.48. The van der Waals surface area contributed by atoms with E-state index >= 15 is 0 Å². The van der Waals surface area contributed by atoms with Gasteiger partial charge in [0.25, 0.3) is 0 Å². The zero-order valence-corrected chi connectivity index (χ0v) is 12.2. The Balaban J connectivity index is 2.70. The smallest absolute Gasteiger partial charge is 0.341 e. The van der Waals surface area contributed by atoms with Crippen molar-refractivity contribution in [2.45, 2.75) is 6.92 Å². The number of hydrogen-bond donors (Lipinski definition) is 0. The second-order valence-corrected chi connectivity index (χ2v) is 4.87. The van der Waals surface area contributed by atoms with Crippen molar-refractivity contribution in [3.05, 3.63) is 44.8 Å². The summed E-state index contributed by atoms with van der Waals surface area (Å²) in [6, 6.07) is 3.26. The molecule has 0 aliphatic carbocycles. The van der Waals surface area contributed by atoms with Crippen LogP contribution in [0.2, 0.25) is 5.02 Å². The SMILES string of the molecule is [C-]#[N+]c1cc(Br)c2ncc(C(=O)OCC)c(Cl)c2c1. The molecule has 2 aromatic rings. The number of esters is 1. The van der Waals surface area contributed by atoms with Crippen molar-refractivity contribution in [2.24, 2.45) is 0 Å². The number of hydrogen-bond acceptors (Lipinski definition) is 3. The van der Waals surface area contributed by atoms with Gasteiger partial charge in [-0.2, -0.15) is 0 Å². The van der Waals surface area contributed by atoms with Crippen LogP contribution in [0, 0.1) is 6.57 Å². The first-order valence-corrected chi connectivity index (χ1v) is 6.58. The molecule has 0 saturated heterocycles. The average molecular weight is 340 g/mol. The predicted molar refractivity (Wildman–Crippen MR) is 76.7 cm³/mol. The lowest BCUT2D eigenvalue weighted by atomic mass is 10.1. The number of rotatable bonds is 2. The number of ether oxygens (including phenoxy) is 1. The molecule has 0 unspecified atom stereocenters. The first kappa shape index (κ1) is 13.8. The molecular weight excluding hydrogens is 332 g/mol. The number of benzene rings is 1. The van der Waals surface area contributed by atoms with Gasteiger partial charge in [-0.15, -0.1) is 0 Å². The molecule has 1 heterocycles. The molecule has 96 valence electrons. The third kappa shape index (κ3) is 2.55. The summed E-state index contributed by atoms with van der Waals surface area (Å²) in [7, 11) is 0. The maximum atomic E-state index is 11.7. The van der Waals surface area contributed by atoms with Crippen molar-refractivity contribution in [1.29, 1.82) is 0 Å². The Morgan fingerprint density at radius 3 is 2.95 bits per heavy atom. The second kappa shape index (κ2) is 5.55. The van der Waals surface area contributed by atoms with E-state index in [9.17, 15) is 4.79 Å². The van der Waals surface area contributed by atoms with E-state index in [0.717, 1.165) is 0 Å². The fourth-order valence-electron chi connectivity index (χ4n) is 1.63. The summed E-state index contributed by atoms with van der Waals surface area (Å²) in [6.45, 7) is 9.02. The Hall–Kier alpha value is -1.64. The van der Waals surface area contributed by atoms with Crippen molar-refractivity contribution in [3.8, 4) is 0 Å². The molecule has 0 aliphatic rings. The topological polar surface area (TPSA) is 43.5 Å². The summed E-state index contributed by atoms with van der Waals surface area (Å²) in [5.74, 6) is -0.522. The zero-order valence-electron chi connectivity index (χ0n) is 9.91. The van der Waals surface area contributed by atoms with Crippen LogP contribution < -0.4 is 0 Å². The molecular formula is C13H8BrClN2O2. The normalized spacial score (nSPS) is 10.2. The maximum Gasteiger partial charge on any atom is 0.341 e. The van der Waals surface area contributed by atoms with Crippen LogP contribution in [-0.2, 0) is 4.74 Å². The molecule has 1 aromatic heterocycles. The van der Waals surface area contributed by atoms with E-state index in [0.29, 0.717) is 21.1 Å². The lowest BCUT2D eigenvalue weighted by Gasteiger charge is -2.08. The Labute approximate surface area is 123 Å². The molecule has 0 fully saturated rings. The largest absolute Gasteiger partial charge is 0.462 e. The predicted octanol–water partition coefficient (Wildman–Crippen LogP) is 4.38. The summed E-state index contributed by atoms with van der Waals surface area (Å²) in [4.78, 5) is 19.3. The Morgan fingerprint density at radius 1 is 1.58 bits per heavy atom. The number of pyridine rings is 1. The third-order valence-electron chi connectivity index (χ3n) is 2.47. The quantitative estimate of drug-likeness (QED) is 0.602. The van der Waals surface area contributed by atoms with Crippen molar-refractivity contribution in [2.75, 3.05) is 6.61 Å². The van der Waals surface area contributed by atoms with E-state index in [2.05, 4.69) is 25.8 Å². The van der Waals surface area contributed by atoms with Crippen LogP contribution in [0.25, 0.3) is 15.7 Å². The van der Waals surface area contributed by atoms with Crippen molar-refractivity contribution >= 4 is 50.1 Å². The molecule has 0 saturated carbocycles. The highest BCUT2D eigenvalue weighted by molar-refractivity contribution is 9.10. The molecule has 2 rings (SSSR count). The van der Waals surface area contributed by atoms with Crippen LogP contribution >= 0.6 is 27.5 Å². The van der Waals surface area contributed by atoms with Gasteiger partial charge in [-0.05, 0) is 35.0 Å². The number of nitrogens with zero attached hydrogens (tertiary/aromatic N) is 2. The van der Waals surface area contributed by atoms with Gasteiger partial charge in [0, 0.05) is 16.1 Å². The van der Waals surface area contributed by atoms with Gasteiger partial charge >= 0.3 is 5.97 Å². The van der Waals surface area contributed by atoms with E-state index < -0.39 is 5.97 Å². The van der Waals surface area contributed by atoms with Crippen LogP contribution in [0.15, 0.2) is 22.8 Å². The first-order valence-electron chi connectivity index (χ1n) is 5.40. The Bertz CT molecular complexity index is 710. The molecule has 0 amide bonds. The number of halogens is 2. The molecule has 0 radical (unpaired) electrons. The lowest BCUT2D eigenvalue weighted by molar-refractivity contribution is 0.0526. The summed E-state index contributed by atoms with van der Waals surface area (Å²) in [6.07, 6.45) is 1.38. The minimum atomic E-state index is -0.522. The Kier molecular flexibility index (Phi) is 4.03. The second-order valence-electron chi connectivity index (χ2n) is 3.64. The molecule has 0 spiro atoms. The Morgan fingerprint density at radius 2 is 2.32 bits per heavy atom. The molecule has 0 aliphatic heterocycles. The summed E-state index contributed by atoms with van der Waals surface area (Å²) < 4.78 is 5.57. The summed E-state index contributed by atoms with van der Waals surface area (Å²) in [5.41, 5.74) is 1.22. The van der Waals surface area contributed by atoms with Gasteiger partial charge in [-0.25, -0.2) is 9.64 Å². The van der Waals surface area contributed by atoms with Gasteiger partial charge in [-0.1, -0.05) is 11.6 Å². The number of aromatic nitrogens is 1. The maximum absolute atomic E-state index is 11.7. The van der Waals surface area contributed by atoms with Crippen LogP contribution in [0.1, 0.15) is 17.3 Å². The first-order chi connectivity index (χ1) is 9.08. The standard InChI is InChI=1S/C13H8BrClN2O2/c1-3-19-13(18)9-6-17-12-8(11(9)15)4-7(16-2)5-10(12)14/h4-6H,3H2,1H3. The van der Waals surface area contributed by atoms with Gasteiger partial charge in [-0.3, -0.25) is 4.98 Å². The van der Waals surface area contributed by atoms with Gasteiger partial charge in [0.2, 0.25) is 0 Å². The molecule has 19 heavy (non-hydrogen) atoms. The molecule has 4 nitrogen and oxygen atoms in total. The number of carbonyl (C=O) groups is 1. The van der Waals surface area contributed by atoms with E-state index in [1.54, 1.807) is 19.1 Å². The van der Waals surface area contributed by atoms with Crippen LogP contribution in [0.5, 0.6) is 0 Å². The fourth-order valence-corrected chi connectivity index (χ4v) is 2.45. The minimum absolute atomic E-state index is 0.199. The minimum Gasteiger partial charge on any atom is -0.462 e. The van der Waals surface area contributed by atoms with Gasteiger partial charge in [0.15, 0.2) is 5.69 Å². The van der Waals surface area contributed by atoms with E-state index in [1.165, 1.54) is 6.20 Å². The molecule has 6 heteroatoms. The zero-order chi connectivity index (χ0) is 14.0. The van der Waals surface area contributed by atoms with Crippen molar-refractivity contribution in [3.63, 3.8) is 0 Å². The molecule has 0 atom stereocenters. The highest BCUT2D eigenvalue weighted by Crippen LogP contribution is 2.34. The molecule has 1 aromatic carbocycles. The van der Waals surface area contributed by atoms with Crippen LogP contribution in [-0.4, -0.2) is 17.6 Å². The van der Waals surface area contributed by atoms with Crippen LogP contribution in [0.3, 0.4) is 0 Å². The van der Waals surface area contributed by atoms with Gasteiger partial charge in [0.05, 0.1) is 29.3 Å². The van der Waals surface area contributed by atoms with Crippen molar-refractivity contribution in [1.82, 2.24) is 4.98 Å². The summed E-state index contributed by atoms with van der Waals surface area (Å²) in [5, 5.41) is 0.794. The van der Waals surface area contributed by atoms with E-state index in [1.807, 2.05) is 0 Å². The average Bonchev–Trinajstić information content (AvgIpc) is 2.39. The van der Waals surface area contributed by atoms with Crippen LogP contribution in [0.4, 0.5) is 5.69 Å². The van der Waals surface area contributed by atoms with Crippen molar-refractivity contribution < 1.29 is 9.53 Å². The van der Waals surface area contributed by atoms with E-state index in [-0.39, 0.29) is 17.2 Å². The van der Waals surface area contributed by atoms with Gasteiger partial charge in [0.1, 0.15) is 0 Å². The molecule has 0 bridgehead atoms. The van der Waals surface area contributed by atoms with E-state index in [4.69, 9.17) is 22.9 Å². The molecule has 0 N–H and O–H groups in total. The summed E-state index contributed by atoms with van der Waals surface area (Å²) >= 11 is 9.54. The lowest BCUT2D eigenvalue weighted by Crippen LogP contribution is -2.06. The van der Waals surface area contributed by atoms with Gasteiger partial charge < -0.3 is 4.74 Å². The highest BCUT2D eigenvalue weighted by Gasteiger charge is 2.16. The highest BCUT2D eigenvalue weighted by atomic mass is 79.9. The number of carbonyl (C=O) groups excluding carboxylic acids is 1. The fraction of sp³-hybridized carbons (Fsp3) is 0.154. The number of fused-ring (bicyclic) bond motifs is 1. The monoisotopic (exact) mass is 338 g/mol.